The summed E-state index contributed by atoms with van der Waals surface area (Å²) in [6, 6.07) is 4.82. The van der Waals surface area contributed by atoms with Gasteiger partial charge in [-0.3, -0.25) is 9.80 Å². The monoisotopic (exact) mass is 345 g/mol. The second-order valence-electron chi connectivity index (χ2n) is 5.49. The average Bonchev–Trinajstić information content (AvgIpc) is 2.64. The standard InChI is InChI=1S/C16H19N5O4/c1-2-21(20-5-7-25-8-6-20)14-9-11(3-4-17-14)13-10-12(16(23)24)15(22)19-18-13/h3-4,9-10H,2,5-8H2,1H3,(H,19,22)(H,23,24). The molecule has 0 amide bonds. The van der Waals surface area contributed by atoms with Gasteiger partial charge in [-0.1, -0.05) is 0 Å². The number of rotatable bonds is 5. The van der Waals surface area contributed by atoms with E-state index in [0.717, 1.165) is 25.5 Å². The SMILES string of the molecule is CCN(c1cc(-c2cc(C(=O)O)c(=O)[nH]n2)ccn1)N1CCOCC1. The lowest BCUT2D eigenvalue weighted by Gasteiger charge is -2.37. The highest BCUT2D eigenvalue weighted by Crippen LogP contribution is 2.22. The van der Waals surface area contributed by atoms with E-state index in [1.807, 2.05) is 13.0 Å². The van der Waals surface area contributed by atoms with Gasteiger partial charge in [0, 0.05) is 31.4 Å². The molecule has 0 aromatic carbocycles. The highest BCUT2D eigenvalue weighted by atomic mass is 16.5. The first kappa shape index (κ1) is 17.1. The first-order valence-corrected chi connectivity index (χ1v) is 7.99. The van der Waals surface area contributed by atoms with Crippen molar-refractivity contribution in [2.45, 2.75) is 6.92 Å². The summed E-state index contributed by atoms with van der Waals surface area (Å²) in [5.41, 5.74) is -0.0212. The summed E-state index contributed by atoms with van der Waals surface area (Å²) in [4.78, 5) is 27.1. The molecule has 3 heterocycles. The Hall–Kier alpha value is -2.78. The Labute approximate surface area is 143 Å². The van der Waals surface area contributed by atoms with Gasteiger partial charge in [-0.25, -0.2) is 19.9 Å². The third kappa shape index (κ3) is 3.67. The predicted octanol–water partition coefficient (Wildman–Crippen LogP) is 0.604. The lowest BCUT2D eigenvalue weighted by atomic mass is 10.1. The number of carbonyl (C=O) groups is 1. The molecule has 3 rings (SSSR count). The number of ether oxygens (including phenoxy) is 1. The Morgan fingerprint density at radius 2 is 2.16 bits per heavy atom. The minimum atomic E-state index is -1.29. The van der Waals surface area contributed by atoms with Crippen LogP contribution in [0.3, 0.4) is 0 Å². The zero-order valence-corrected chi connectivity index (χ0v) is 13.8. The first-order chi connectivity index (χ1) is 12.1. The molecular formula is C16H19N5O4. The van der Waals surface area contributed by atoms with Crippen molar-refractivity contribution in [3.8, 4) is 11.3 Å². The number of hydrogen-bond acceptors (Lipinski definition) is 7. The van der Waals surface area contributed by atoms with Crippen LogP contribution in [0.15, 0.2) is 29.2 Å². The maximum atomic E-state index is 11.5. The molecule has 0 spiro atoms. The summed E-state index contributed by atoms with van der Waals surface area (Å²) in [5.74, 6) is -0.561. The molecule has 132 valence electrons. The second-order valence-corrected chi connectivity index (χ2v) is 5.49. The smallest absolute Gasteiger partial charge is 0.341 e. The molecule has 2 aromatic heterocycles. The fourth-order valence-corrected chi connectivity index (χ4v) is 2.73. The van der Waals surface area contributed by atoms with Crippen molar-refractivity contribution in [1.29, 1.82) is 0 Å². The first-order valence-electron chi connectivity index (χ1n) is 7.99. The molecule has 0 unspecified atom stereocenters. The Bertz CT molecular complexity index is 816. The molecule has 2 N–H and O–H groups in total. The van der Waals surface area contributed by atoms with Crippen molar-refractivity contribution in [3.63, 3.8) is 0 Å². The van der Waals surface area contributed by atoms with Gasteiger partial charge in [-0.05, 0) is 25.1 Å². The summed E-state index contributed by atoms with van der Waals surface area (Å²) in [7, 11) is 0. The number of hydrogen-bond donors (Lipinski definition) is 2. The number of carboxylic acids is 1. The fraction of sp³-hybridized carbons (Fsp3) is 0.375. The van der Waals surface area contributed by atoms with Gasteiger partial charge < -0.3 is 9.84 Å². The lowest BCUT2D eigenvalue weighted by Crippen LogP contribution is -2.49. The number of anilines is 1. The van der Waals surface area contributed by atoms with E-state index in [0.29, 0.717) is 24.5 Å². The molecule has 0 saturated carbocycles. The molecule has 9 nitrogen and oxygen atoms in total. The van der Waals surface area contributed by atoms with Gasteiger partial charge in [0.05, 0.1) is 18.9 Å². The van der Waals surface area contributed by atoms with E-state index in [2.05, 4.69) is 25.2 Å². The van der Waals surface area contributed by atoms with E-state index < -0.39 is 11.5 Å². The predicted molar refractivity (Wildman–Crippen MR) is 90.5 cm³/mol. The van der Waals surface area contributed by atoms with Crippen molar-refractivity contribution in [2.24, 2.45) is 0 Å². The van der Waals surface area contributed by atoms with E-state index in [1.165, 1.54) is 6.07 Å². The van der Waals surface area contributed by atoms with Gasteiger partial charge in [0.25, 0.3) is 5.56 Å². The number of pyridine rings is 1. The van der Waals surface area contributed by atoms with Crippen LogP contribution in [0.5, 0.6) is 0 Å². The van der Waals surface area contributed by atoms with Crippen LogP contribution < -0.4 is 10.6 Å². The third-order valence-corrected chi connectivity index (χ3v) is 3.97. The molecule has 25 heavy (non-hydrogen) atoms. The van der Waals surface area contributed by atoms with Crippen molar-refractivity contribution in [1.82, 2.24) is 20.2 Å². The van der Waals surface area contributed by atoms with Gasteiger partial charge in [-0.2, -0.15) is 5.10 Å². The molecule has 0 bridgehead atoms. The highest BCUT2D eigenvalue weighted by molar-refractivity contribution is 5.88. The average molecular weight is 345 g/mol. The van der Waals surface area contributed by atoms with Crippen LogP contribution in [0.4, 0.5) is 5.82 Å². The van der Waals surface area contributed by atoms with Crippen molar-refractivity contribution >= 4 is 11.8 Å². The number of morpholine rings is 1. The van der Waals surface area contributed by atoms with Crippen LogP contribution in [-0.4, -0.2) is 64.1 Å². The third-order valence-electron chi connectivity index (χ3n) is 3.97. The van der Waals surface area contributed by atoms with Gasteiger partial charge >= 0.3 is 5.97 Å². The van der Waals surface area contributed by atoms with Crippen molar-refractivity contribution < 1.29 is 14.6 Å². The quantitative estimate of drug-likeness (QED) is 0.810. The fourth-order valence-electron chi connectivity index (χ4n) is 2.73. The summed E-state index contributed by atoms with van der Waals surface area (Å²) in [6.07, 6.45) is 1.64. The molecule has 0 radical (unpaired) electrons. The lowest BCUT2D eigenvalue weighted by molar-refractivity contribution is 0.0318. The molecule has 0 atom stereocenters. The molecule has 1 aliphatic rings. The zero-order valence-electron chi connectivity index (χ0n) is 13.8. The van der Waals surface area contributed by atoms with Crippen LogP contribution in [0.25, 0.3) is 11.3 Å². The van der Waals surface area contributed by atoms with E-state index in [-0.39, 0.29) is 5.56 Å². The molecular weight excluding hydrogens is 326 g/mol. The van der Waals surface area contributed by atoms with Crippen molar-refractivity contribution in [3.05, 3.63) is 40.3 Å². The van der Waals surface area contributed by atoms with Crippen LogP contribution >= 0.6 is 0 Å². The number of nitrogens with zero attached hydrogens (tertiary/aromatic N) is 4. The van der Waals surface area contributed by atoms with E-state index in [4.69, 9.17) is 9.84 Å². The minimum absolute atomic E-state index is 0.344. The van der Waals surface area contributed by atoms with Crippen LogP contribution in [0, 0.1) is 0 Å². The largest absolute Gasteiger partial charge is 0.477 e. The normalized spacial score (nSPS) is 15.1. The number of aromatic carboxylic acids is 1. The Balaban J connectivity index is 1.94. The second kappa shape index (κ2) is 7.41. The maximum absolute atomic E-state index is 11.5. The maximum Gasteiger partial charge on any atom is 0.341 e. The van der Waals surface area contributed by atoms with Gasteiger partial charge in [-0.15, -0.1) is 0 Å². The van der Waals surface area contributed by atoms with Gasteiger partial charge in [0.15, 0.2) is 0 Å². The Morgan fingerprint density at radius 3 is 2.84 bits per heavy atom. The minimum Gasteiger partial charge on any atom is -0.477 e. The number of hydrazine groups is 1. The zero-order chi connectivity index (χ0) is 17.8. The van der Waals surface area contributed by atoms with Gasteiger partial charge in [0.2, 0.25) is 0 Å². The summed E-state index contributed by atoms with van der Waals surface area (Å²) >= 11 is 0. The molecule has 0 aliphatic carbocycles. The van der Waals surface area contributed by atoms with E-state index in [1.54, 1.807) is 12.3 Å². The molecule has 9 heteroatoms. The number of H-pyrrole nitrogens is 1. The summed E-state index contributed by atoms with van der Waals surface area (Å²) in [6.45, 7) is 5.65. The van der Waals surface area contributed by atoms with Crippen molar-refractivity contribution in [2.75, 3.05) is 37.9 Å². The van der Waals surface area contributed by atoms with Crippen LogP contribution in [0.2, 0.25) is 0 Å². The number of carboxylic acid groups (broad SMARTS) is 1. The summed E-state index contributed by atoms with van der Waals surface area (Å²) < 4.78 is 5.38. The number of aromatic amines is 1. The molecule has 2 aromatic rings. The van der Waals surface area contributed by atoms with E-state index >= 15 is 0 Å². The topological polar surface area (TPSA) is 112 Å². The Kier molecular flexibility index (Phi) is 5.05. The summed E-state index contributed by atoms with van der Waals surface area (Å²) in [5, 5.41) is 19.5. The Morgan fingerprint density at radius 1 is 1.40 bits per heavy atom. The molecule has 1 saturated heterocycles. The number of nitrogens with one attached hydrogen (secondary N) is 1. The molecule has 1 aliphatic heterocycles. The molecule has 1 fully saturated rings. The number of aromatic nitrogens is 3. The van der Waals surface area contributed by atoms with Gasteiger partial charge in [0.1, 0.15) is 11.4 Å². The highest BCUT2D eigenvalue weighted by Gasteiger charge is 2.19. The van der Waals surface area contributed by atoms with Crippen LogP contribution in [0.1, 0.15) is 17.3 Å². The van der Waals surface area contributed by atoms with Crippen LogP contribution in [-0.2, 0) is 4.74 Å². The van der Waals surface area contributed by atoms with E-state index in [9.17, 15) is 9.59 Å².